The number of nitrogens with one attached hydrogen (secondary N) is 1. The van der Waals surface area contributed by atoms with E-state index in [4.69, 9.17) is 5.11 Å². The molecule has 2 N–H and O–H groups in total. The Hall–Kier alpha value is -2.83. The molecule has 2 heterocycles. The lowest BCUT2D eigenvalue weighted by Gasteiger charge is -1.97. The molecule has 1 aromatic carbocycles. The summed E-state index contributed by atoms with van der Waals surface area (Å²) in [7, 11) is 0. The monoisotopic (exact) mass is 275 g/mol. The van der Waals surface area contributed by atoms with Crippen LogP contribution < -0.4 is 0 Å². The zero-order chi connectivity index (χ0) is 14.3. The van der Waals surface area contributed by atoms with Crippen molar-refractivity contribution in [1.82, 2.24) is 15.0 Å². The molecule has 0 radical (unpaired) electrons. The predicted octanol–water partition coefficient (Wildman–Crippen LogP) is 2.60. The smallest absolute Gasteiger partial charge is 0.337 e. The molecule has 0 aliphatic heterocycles. The van der Waals surface area contributed by atoms with Gasteiger partial charge in [0.25, 0.3) is 0 Å². The van der Waals surface area contributed by atoms with Gasteiger partial charge in [0.1, 0.15) is 5.82 Å². The van der Waals surface area contributed by atoms with E-state index in [2.05, 4.69) is 15.0 Å². The van der Waals surface area contributed by atoms with E-state index >= 15 is 0 Å². The van der Waals surface area contributed by atoms with Gasteiger partial charge in [-0.05, 0) is 24.3 Å². The second-order valence-corrected chi connectivity index (χ2v) is 4.11. The van der Waals surface area contributed by atoms with Crippen molar-refractivity contribution in [2.45, 2.75) is 0 Å². The summed E-state index contributed by atoms with van der Waals surface area (Å²) in [5.41, 5.74) is 1.07. The summed E-state index contributed by atoms with van der Waals surface area (Å²) < 4.78 is 26.1. The molecule has 0 atom stereocenters. The Morgan fingerprint density at radius 2 is 2.00 bits per heavy atom. The Balaban J connectivity index is 2.12. The first kappa shape index (κ1) is 12.2. The van der Waals surface area contributed by atoms with Crippen molar-refractivity contribution >= 4 is 17.1 Å². The fourth-order valence-corrected chi connectivity index (χ4v) is 1.80. The third kappa shape index (κ3) is 1.99. The molecule has 2 aromatic heterocycles. The van der Waals surface area contributed by atoms with Crippen molar-refractivity contribution in [1.29, 1.82) is 0 Å². The van der Waals surface area contributed by atoms with E-state index < -0.39 is 17.6 Å². The number of fused-ring (bicyclic) bond motifs is 1. The van der Waals surface area contributed by atoms with Crippen LogP contribution in [0.15, 0.2) is 30.5 Å². The van der Waals surface area contributed by atoms with Crippen molar-refractivity contribution in [2.24, 2.45) is 0 Å². The van der Waals surface area contributed by atoms with E-state index in [0.29, 0.717) is 16.7 Å². The lowest BCUT2D eigenvalue weighted by atomic mass is 10.2. The highest BCUT2D eigenvalue weighted by molar-refractivity contribution is 5.91. The molecule has 3 rings (SSSR count). The Bertz CT molecular complexity index is 830. The maximum absolute atomic E-state index is 13.2. The number of benzene rings is 1. The Morgan fingerprint density at radius 3 is 2.70 bits per heavy atom. The van der Waals surface area contributed by atoms with E-state index in [0.717, 1.165) is 12.1 Å². The highest BCUT2D eigenvalue weighted by atomic mass is 19.2. The molecule has 7 heteroatoms. The molecule has 0 saturated carbocycles. The normalized spacial score (nSPS) is 10.9. The molecule has 0 unspecified atom stereocenters. The lowest BCUT2D eigenvalue weighted by Crippen LogP contribution is -1.96. The first-order valence-corrected chi connectivity index (χ1v) is 5.59. The zero-order valence-corrected chi connectivity index (χ0v) is 9.89. The van der Waals surface area contributed by atoms with Crippen LogP contribution in [0.1, 0.15) is 10.4 Å². The number of imidazole rings is 1. The number of carbonyl (C=O) groups is 1. The number of halogens is 2. The Kier molecular flexibility index (Phi) is 2.67. The first-order valence-electron chi connectivity index (χ1n) is 5.59. The van der Waals surface area contributed by atoms with Crippen molar-refractivity contribution in [3.63, 3.8) is 0 Å². The van der Waals surface area contributed by atoms with Crippen LogP contribution in [0.2, 0.25) is 0 Å². The van der Waals surface area contributed by atoms with Gasteiger partial charge in [-0.25, -0.2) is 23.5 Å². The quantitative estimate of drug-likeness (QED) is 0.753. The van der Waals surface area contributed by atoms with Gasteiger partial charge < -0.3 is 10.1 Å². The minimum absolute atomic E-state index is 0.0120. The third-order valence-corrected chi connectivity index (χ3v) is 2.78. The minimum Gasteiger partial charge on any atom is -0.478 e. The average molecular weight is 275 g/mol. The van der Waals surface area contributed by atoms with E-state index in [1.54, 1.807) is 0 Å². The number of carboxylic acid groups (broad SMARTS) is 1. The van der Waals surface area contributed by atoms with Gasteiger partial charge in [-0.3, -0.25) is 0 Å². The summed E-state index contributed by atoms with van der Waals surface area (Å²) in [6.45, 7) is 0. The molecule has 3 aromatic rings. The topological polar surface area (TPSA) is 78.9 Å². The summed E-state index contributed by atoms with van der Waals surface area (Å²) in [6, 6.07) is 4.74. The fourth-order valence-electron chi connectivity index (χ4n) is 1.80. The molecule has 0 spiro atoms. The van der Waals surface area contributed by atoms with Crippen LogP contribution in [0, 0.1) is 11.6 Å². The maximum atomic E-state index is 13.2. The zero-order valence-electron chi connectivity index (χ0n) is 9.89. The van der Waals surface area contributed by atoms with Crippen molar-refractivity contribution in [3.8, 4) is 11.4 Å². The summed E-state index contributed by atoms with van der Waals surface area (Å²) in [5.74, 6) is -2.75. The second-order valence-electron chi connectivity index (χ2n) is 4.11. The van der Waals surface area contributed by atoms with Crippen LogP contribution in [0.5, 0.6) is 0 Å². The summed E-state index contributed by atoms with van der Waals surface area (Å²) in [6.07, 6.45) is 1.18. The van der Waals surface area contributed by atoms with Gasteiger partial charge in [-0.1, -0.05) is 0 Å². The number of pyridine rings is 1. The van der Waals surface area contributed by atoms with Crippen molar-refractivity contribution in [3.05, 3.63) is 47.7 Å². The molecule has 100 valence electrons. The van der Waals surface area contributed by atoms with Gasteiger partial charge >= 0.3 is 5.97 Å². The van der Waals surface area contributed by atoms with Crippen LogP contribution in [-0.2, 0) is 0 Å². The molecular formula is C13H7F2N3O2. The second kappa shape index (κ2) is 4.37. The third-order valence-electron chi connectivity index (χ3n) is 2.78. The van der Waals surface area contributed by atoms with Gasteiger partial charge in [-0.2, -0.15) is 0 Å². The predicted molar refractivity (Wildman–Crippen MR) is 66.2 cm³/mol. The van der Waals surface area contributed by atoms with Crippen LogP contribution in [0.3, 0.4) is 0 Å². The van der Waals surface area contributed by atoms with E-state index in [-0.39, 0.29) is 11.4 Å². The van der Waals surface area contributed by atoms with Gasteiger partial charge in [0.05, 0.1) is 11.1 Å². The molecular weight excluding hydrogens is 268 g/mol. The molecule has 20 heavy (non-hydrogen) atoms. The first-order chi connectivity index (χ1) is 9.54. The number of hydrogen-bond acceptors (Lipinski definition) is 3. The average Bonchev–Trinajstić information content (AvgIpc) is 2.84. The molecule has 0 aliphatic carbocycles. The van der Waals surface area contributed by atoms with Gasteiger partial charge in [0, 0.05) is 11.8 Å². The van der Waals surface area contributed by atoms with Gasteiger partial charge in [0.2, 0.25) is 0 Å². The summed E-state index contributed by atoms with van der Waals surface area (Å²) in [4.78, 5) is 21.7. The number of H-pyrrole nitrogens is 1. The number of rotatable bonds is 2. The van der Waals surface area contributed by atoms with Crippen molar-refractivity contribution in [2.75, 3.05) is 0 Å². The molecule has 0 amide bonds. The highest BCUT2D eigenvalue weighted by Gasteiger charge is 2.11. The van der Waals surface area contributed by atoms with Crippen molar-refractivity contribution < 1.29 is 18.7 Å². The number of hydrogen-bond donors (Lipinski definition) is 2. The lowest BCUT2D eigenvalue weighted by molar-refractivity contribution is 0.0696. The SMILES string of the molecule is O=C(O)c1cnc2nc(-c3ccc(F)c(F)c3)[nH]c2c1. The molecule has 0 bridgehead atoms. The van der Waals surface area contributed by atoms with E-state index in [1.165, 1.54) is 18.3 Å². The summed E-state index contributed by atoms with van der Waals surface area (Å²) in [5, 5.41) is 8.87. The number of carboxylic acids is 1. The van der Waals surface area contributed by atoms with E-state index in [9.17, 15) is 13.6 Å². The number of aromatic carboxylic acids is 1. The van der Waals surface area contributed by atoms with Crippen LogP contribution in [-0.4, -0.2) is 26.0 Å². The van der Waals surface area contributed by atoms with Gasteiger partial charge in [0.15, 0.2) is 17.3 Å². The number of aromatic amines is 1. The molecule has 5 nitrogen and oxygen atoms in total. The van der Waals surface area contributed by atoms with Crippen LogP contribution in [0.25, 0.3) is 22.6 Å². The molecule has 0 saturated heterocycles. The fraction of sp³-hybridized carbons (Fsp3) is 0. The number of aromatic nitrogens is 3. The van der Waals surface area contributed by atoms with Crippen LogP contribution in [0.4, 0.5) is 8.78 Å². The largest absolute Gasteiger partial charge is 0.478 e. The maximum Gasteiger partial charge on any atom is 0.337 e. The molecule has 0 aliphatic rings. The van der Waals surface area contributed by atoms with Gasteiger partial charge in [-0.15, -0.1) is 0 Å². The Labute approximate surface area is 110 Å². The summed E-state index contributed by atoms with van der Waals surface area (Å²) >= 11 is 0. The van der Waals surface area contributed by atoms with E-state index in [1.807, 2.05) is 0 Å². The minimum atomic E-state index is -1.11. The highest BCUT2D eigenvalue weighted by Crippen LogP contribution is 2.21. The molecule has 0 fully saturated rings. The number of nitrogens with zero attached hydrogens (tertiary/aromatic N) is 2. The Morgan fingerprint density at radius 1 is 1.20 bits per heavy atom. The standard InChI is InChI=1S/C13H7F2N3O2/c14-8-2-1-6(3-9(8)15)11-17-10-4-7(13(19)20)5-16-12(10)18-11/h1-5H,(H,19,20)(H,16,17,18). The van der Waals surface area contributed by atoms with Crippen LogP contribution >= 0.6 is 0 Å².